The molecule has 1 saturated heterocycles. The van der Waals surface area contributed by atoms with E-state index >= 15 is 0 Å². The van der Waals surface area contributed by atoms with Crippen LogP contribution in [0.25, 0.3) is 11.3 Å². The molecular weight excluding hydrogens is 404 g/mol. The number of aromatic nitrogens is 1. The van der Waals surface area contributed by atoms with Gasteiger partial charge in [0.15, 0.2) is 5.82 Å². The van der Waals surface area contributed by atoms with Gasteiger partial charge in [0.25, 0.3) is 0 Å². The maximum Gasteiger partial charge on any atom is 0.237 e. The summed E-state index contributed by atoms with van der Waals surface area (Å²) < 4.78 is 56.7. The van der Waals surface area contributed by atoms with E-state index in [1.165, 1.54) is 12.1 Å². The van der Waals surface area contributed by atoms with Crippen LogP contribution in [-0.2, 0) is 21.2 Å². The molecule has 1 aliphatic heterocycles. The van der Waals surface area contributed by atoms with Gasteiger partial charge >= 0.3 is 0 Å². The second-order valence-corrected chi connectivity index (χ2v) is 9.09. The molecule has 1 aromatic heterocycles. The summed E-state index contributed by atoms with van der Waals surface area (Å²) in [7, 11) is -3.23. The standard InChI is InChI=1S/C16H16ClF2N3O4S/c17-9-1-2-10(11(18)7-9)14-13(19)12(22-26-14)8-21-16(15(20)23)3-5-27(24,25)6-4-16/h1-2,7,21H,3-6,8H2,(H2,20,23). The van der Waals surface area contributed by atoms with Crippen molar-refractivity contribution in [3.8, 4) is 11.3 Å². The highest BCUT2D eigenvalue weighted by Gasteiger charge is 2.42. The fourth-order valence-electron chi connectivity index (χ4n) is 2.91. The lowest BCUT2D eigenvalue weighted by Gasteiger charge is -2.34. The minimum Gasteiger partial charge on any atom is -0.368 e. The zero-order chi connectivity index (χ0) is 19.8. The van der Waals surface area contributed by atoms with Gasteiger partial charge in [-0.3, -0.25) is 10.1 Å². The SMILES string of the molecule is NC(=O)C1(NCc2noc(-c3ccc(Cl)cc3F)c2F)CCS(=O)(=O)CC1. The molecule has 0 saturated carbocycles. The number of benzene rings is 1. The van der Waals surface area contributed by atoms with Gasteiger partial charge in [-0.05, 0) is 31.0 Å². The average molecular weight is 420 g/mol. The summed E-state index contributed by atoms with van der Waals surface area (Å²) in [5, 5.41) is 6.53. The molecule has 0 radical (unpaired) electrons. The van der Waals surface area contributed by atoms with Crippen molar-refractivity contribution in [1.82, 2.24) is 10.5 Å². The number of hydrogen-bond acceptors (Lipinski definition) is 6. The first-order chi connectivity index (χ1) is 12.6. The topological polar surface area (TPSA) is 115 Å². The van der Waals surface area contributed by atoms with E-state index in [0.29, 0.717) is 0 Å². The number of hydrogen-bond donors (Lipinski definition) is 2. The molecule has 1 aromatic carbocycles. The molecule has 7 nitrogen and oxygen atoms in total. The van der Waals surface area contributed by atoms with E-state index in [1.54, 1.807) is 0 Å². The van der Waals surface area contributed by atoms with E-state index in [0.717, 1.165) is 6.07 Å². The number of carbonyl (C=O) groups excluding carboxylic acids is 1. The summed E-state index contributed by atoms with van der Waals surface area (Å²) in [6.07, 6.45) is -0.0500. The van der Waals surface area contributed by atoms with Crippen LogP contribution in [0.4, 0.5) is 8.78 Å². The maximum absolute atomic E-state index is 14.6. The summed E-state index contributed by atoms with van der Waals surface area (Å²) in [6.45, 7) is -0.243. The normalized spacial score (nSPS) is 18.3. The minimum absolute atomic E-state index is 0.0250. The van der Waals surface area contributed by atoms with Gasteiger partial charge in [-0.25, -0.2) is 17.2 Å². The Labute approximate surface area is 158 Å². The van der Waals surface area contributed by atoms with E-state index in [1.807, 2.05) is 0 Å². The summed E-state index contributed by atoms with van der Waals surface area (Å²) in [5.41, 5.74) is 3.80. The molecule has 1 aliphatic rings. The summed E-state index contributed by atoms with van der Waals surface area (Å²) in [4.78, 5) is 11.9. The second kappa shape index (κ2) is 7.17. The molecule has 2 heterocycles. The van der Waals surface area contributed by atoms with Crippen molar-refractivity contribution in [1.29, 1.82) is 0 Å². The third kappa shape index (κ3) is 3.97. The molecule has 27 heavy (non-hydrogen) atoms. The summed E-state index contributed by atoms with van der Waals surface area (Å²) in [6, 6.07) is 3.65. The van der Waals surface area contributed by atoms with Crippen LogP contribution in [0.3, 0.4) is 0 Å². The van der Waals surface area contributed by atoms with Crippen molar-refractivity contribution < 1.29 is 26.5 Å². The van der Waals surface area contributed by atoms with E-state index < -0.39 is 38.7 Å². The first-order valence-electron chi connectivity index (χ1n) is 7.98. The lowest BCUT2D eigenvalue weighted by molar-refractivity contribution is -0.124. The van der Waals surface area contributed by atoms with Crippen LogP contribution in [-0.4, -0.2) is 36.5 Å². The van der Waals surface area contributed by atoms with Crippen LogP contribution in [0.1, 0.15) is 18.5 Å². The molecule has 11 heteroatoms. The third-order valence-electron chi connectivity index (χ3n) is 4.62. The average Bonchev–Trinajstić information content (AvgIpc) is 2.95. The maximum atomic E-state index is 14.6. The van der Waals surface area contributed by atoms with E-state index in [2.05, 4.69) is 10.5 Å². The van der Waals surface area contributed by atoms with Gasteiger partial charge in [-0.1, -0.05) is 16.8 Å². The number of sulfone groups is 1. The minimum atomic E-state index is -3.23. The van der Waals surface area contributed by atoms with Gasteiger partial charge in [0.2, 0.25) is 11.7 Å². The fourth-order valence-corrected chi connectivity index (χ4v) is 4.59. The number of amides is 1. The summed E-state index contributed by atoms with van der Waals surface area (Å²) >= 11 is 5.67. The van der Waals surface area contributed by atoms with Gasteiger partial charge < -0.3 is 10.3 Å². The zero-order valence-electron chi connectivity index (χ0n) is 14.0. The predicted molar refractivity (Wildman–Crippen MR) is 93.5 cm³/mol. The Hall–Kier alpha value is -2.04. The number of primary amides is 1. The van der Waals surface area contributed by atoms with Gasteiger partial charge in [0, 0.05) is 11.6 Å². The molecule has 0 bridgehead atoms. The van der Waals surface area contributed by atoms with Crippen molar-refractivity contribution in [2.24, 2.45) is 5.73 Å². The number of halogens is 3. The molecule has 0 atom stereocenters. The van der Waals surface area contributed by atoms with Crippen LogP contribution in [0.15, 0.2) is 22.7 Å². The molecule has 2 aromatic rings. The zero-order valence-corrected chi connectivity index (χ0v) is 15.5. The second-order valence-electron chi connectivity index (χ2n) is 6.35. The Bertz CT molecular complexity index is 980. The van der Waals surface area contributed by atoms with Crippen molar-refractivity contribution in [2.45, 2.75) is 24.9 Å². The molecule has 0 spiro atoms. The lowest BCUT2D eigenvalue weighted by atomic mass is 9.91. The van der Waals surface area contributed by atoms with Crippen molar-refractivity contribution >= 4 is 27.3 Å². The first-order valence-corrected chi connectivity index (χ1v) is 10.2. The first kappa shape index (κ1) is 19.7. The summed E-state index contributed by atoms with van der Waals surface area (Å²) in [5.74, 6) is -3.21. The number of nitrogens with two attached hydrogens (primary N) is 1. The highest BCUT2D eigenvalue weighted by Crippen LogP contribution is 2.30. The van der Waals surface area contributed by atoms with Gasteiger partial charge in [0.1, 0.15) is 21.3 Å². The van der Waals surface area contributed by atoms with Crippen molar-refractivity contribution in [2.75, 3.05) is 11.5 Å². The number of rotatable bonds is 5. The van der Waals surface area contributed by atoms with Gasteiger partial charge in [-0.2, -0.15) is 0 Å². The smallest absolute Gasteiger partial charge is 0.237 e. The van der Waals surface area contributed by atoms with E-state index in [-0.39, 0.29) is 47.2 Å². The molecule has 3 rings (SSSR count). The highest BCUT2D eigenvalue weighted by atomic mass is 35.5. The van der Waals surface area contributed by atoms with E-state index in [4.69, 9.17) is 21.9 Å². The van der Waals surface area contributed by atoms with Gasteiger partial charge in [-0.15, -0.1) is 0 Å². The Morgan fingerprint density at radius 2 is 2.00 bits per heavy atom. The molecule has 0 aliphatic carbocycles. The quantitative estimate of drug-likeness (QED) is 0.763. The Kier molecular flexibility index (Phi) is 5.24. The van der Waals surface area contributed by atoms with Crippen molar-refractivity contribution in [3.63, 3.8) is 0 Å². The Morgan fingerprint density at radius 3 is 2.59 bits per heavy atom. The van der Waals surface area contributed by atoms with E-state index in [9.17, 15) is 22.0 Å². The molecule has 1 fully saturated rings. The fraction of sp³-hybridized carbons (Fsp3) is 0.375. The largest absolute Gasteiger partial charge is 0.368 e. The number of nitrogens with zero attached hydrogens (tertiary/aromatic N) is 1. The highest BCUT2D eigenvalue weighted by molar-refractivity contribution is 7.91. The Balaban J connectivity index is 1.80. The molecule has 3 N–H and O–H groups in total. The van der Waals surface area contributed by atoms with Crippen LogP contribution >= 0.6 is 11.6 Å². The number of carbonyl (C=O) groups is 1. The number of nitrogens with one attached hydrogen (secondary N) is 1. The predicted octanol–water partition coefficient (Wildman–Crippen LogP) is 1.80. The Morgan fingerprint density at radius 1 is 1.33 bits per heavy atom. The molecule has 1 amide bonds. The van der Waals surface area contributed by atoms with Crippen molar-refractivity contribution in [3.05, 3.63) is 40.6 Å². The monoisotopic (exact) mass is 419 g/mol. The van der Waals surface area contributed by atoms with Crippen LogP contribution < -0.4 is 11.1 Å². The van der Waals surface area contributed by atoms with Crippen LogP contribution in [0.2, 0.25) is 5.02 Å². The van der Waals surface area contributed by atoms with Crippen LogP contribution in [0.5, 0.6) is 0 Å². The third-order valence-corrected chi connectivity index (χ3v) is 6.51. The van der Waals surface area contributed by atoms with Crippen LogP contribution in [0, 0.1) is 11.6 Å². The van der Waals surface area contributed by atoms with Gasteiger partial charge in [0.05, 0.1) is 22.6 Å². The molecule has 0 unspecified atom stereocenters. The molecular formula is C16H16ClF2N3O4S. The lowest BCUT2D eigenvalue weighted by Crippen LogP contribution is -2.59. The molecule has 146 valence electrons.